The molecule has 0 bridgehead atoms. The average Bonchev–Trinajstić information content (AvgIpc) is 3.14. The monoisotopic (exact) mass is 407 g/mol. The van der Waals surface area contributed by atoms with Crippen LogP contribution >= 0.6 is 0 Å². The molecule has 1 saturated heterocycles. The third kappa shape index (κ3) is 12.1. The Kier molecular flexibility index (Phi) is 14.6. The van der Waals surface area contributed by atoms with E-state index in [2.05, 4.69) is 20.4 Å². The van der Waals surface area contributed by atoms with Gasteiger partial charge in [-0.3, -0.25) is 4.79 Å². The van der Waals surface area contributed by atoms with Crippen LogP contribution in [-0.4, -0.2) is 29.5 Å². The summed E-state index contributed by atoms with van der Waals surface area (Å²) in [5.41, 5.74) is 0. The van der Waals surface area contributed by atoms with Crippen LogP contribution in [-0.2, 0) is 14.3 Å². The molecule has 1 rings (SSSR count). The zero-order chi connectivity index (χ0) is 21.3. The van der Waals surface area contributed by atoms with Crippen molar-refractivity contribution in [1.29, 1.82) is 0 Å². The first-order valence-corrected chi connectivity index (χ1v) is 12.2. The molecule has 29 heavy (non-hydrogen) atoms. The van der Waals surface area contributed by atoms with Gasteiger partial charge in [0.1, 0.15) is 0 Å². The van der Waals surface area contributed by atoms with Gasteiger partial charge in [-0.2, -0.15) is 0 Å². The van der Waals surface area contributed by atoms with Crippen molar-refractivity contribution in [3.05, 3.63) is 12.7 Å². The van der Waals surface area contributed by atoms with Gasteiger partial charge in [0.25, 0.3) is 0 Å². The predicted octanol–water partition coefficient (Wildman–Crippen LogP) is 6.78. The van der Waals surface area contributed by atoms with Crippen LogP contribution in [0.4, 0.5) is 0 Å². The summed E-state index contributed by atoms with van der Waals surface area (Å²) in [5.74, 6) is 0.103. The Morgan fingerprint density at radius 1 is 1.03 bits per heavy atom. The molecule has 0 aromatic carbocycles. The van der Waals surface area contributed by atoms with Crippen molar-refractivity contribution in [2.24, 2.45) is 5.92 Å². The normalized spacial score (nSPS) is 16.1. The minimum absolute atomic E-state index is 0.101. The number of unbranched alkanes of at least 4 members (excludes halogenated alkanes) is 11. The number of carbonyl (C=O) groups is 2. The molecule has 0 radical (unpaired) electrons. The number of rotatable bonds is 18. The van der Waals surface area contributed by atoms with Gasteiger partial charge in [-0.25, -0.2) is 4.79 Å². The van der Waals surface area contributed by atoms with E-state index in [4.69, 9.17) is 4.74 Å². The Morgan fingerprint density at radius 3 is 2.07 bits per heavy atom. The van der Waals surface area contributed by atoms with Crippen LogP contribution in [0, 0.1) is 5.92 Å². The number of amides is 1. The Hall–Kier alpha value is -1.32. The van der Waals surface area contributed by atoms with Gasteiger partial charge in [0.2, 0.25) is 5.91 Å². The third-order valence-electron chi connectivity index (χ3n) is 6.03. The molecule has 1 amide bonds. The molecule has 2 atom stereocenters. The van der Waals surface area contributed by atoms with E-state index in [0.29, 0.717) is 18.9 Å². The number of hydrogen-bond acceptors (Lipinski definition) is 3. The lowest BCUT2D eigenvalue weighted by Gasteiger charge is -2.29. The van der Waals surface area contributed by atoms with Crippen LogP contribution in [0.25, 0.3) is 0 Å². The summed E-state index contributed by atoms with van der Waals surface area (Å²) in [5, 5.41) is 0. The zero-order valence-corrected chi connectivity index (χ0v) is 19.1. The van der Waals surface area contributed by atoms with Gasteiger partial charge in [-0.15, -0.1) is 0 Å². The topological polar surface area (TPSA) is 46.6 Å². The van der Waals surface area contributed by atoms with Crippen molar-refractivity contribution in [1.82, 2.24) is 4.90 Å². The van der Waals surface area contributed by atoms with E-state index in [1.54, 1.807) is 4.90 Å². The predicted molar refractivity (Wildman–Crippen MR) is 121 cm³/mol. The van der Waals surface area contributed by atoms with Crippen LogP contribution in [0.2, 0.25) is 0 Å². The number of likely N-dealkylation sites (tertiary alicyclic amines) is 1. The van der Waals surface area contributed by atoms with Crippen molar-refractivity contribution in [2.75, 3.05) is 6.54 Å². The molecule has 0 aliphatic carbocycles. The minimum Gasteiger partial charge on any atom is -0.438 e. The molecule has 168 valence electrons. The lowest BCUT2D eigenvalue weighted by atomic mass is 9.97. The van der Waals surface area contributed by atoms with Crippen molar-refractivity contribution in [2.45, 2.75) is 123 Å². The van der Waals surface area contributed by atoms with Gasteiger partial charge in [-0.05, 0) is 12.3 Å². The van der Waals surface area contributed by atoms with Crippen LogP contribution < -0.4 is 0 Å². The second-order valence-electron chi connectivity index (χ2n) is 8.80. The first-order valence-electron chi connectivity index (χ1n) is 12.2. The maximum Gasteiger partial charge on any atom is 0.332 e. The van der Waals surface area contributed by atoms with Gasteiger partial charge in [-0.1, -0.05) is 104 Å². The Bertz CT molecular complexity index is 463. The van der Waals surface area contributed by atoms with E-state index in [-0.39, 0.29) is 5.91 Å². The summed E-state index contributed by atoms with van der Waals surface area (Å²) in [6.07, 6.45) is 20.3. The number of carbonyl (C=O) groups excluding carboxylic acids is 2. The minimum atomic E-state index is -0.438. The fourth-order valence-electron chi connectivity index (χ4n) is 4.19. The second-order valence-corrected chi connectivity index (χ2v) is 8.80. The summed E-state index contributed by atoms with van der Waals surface area (Å²) >= 11 is 0. The van der Waals surface area contributed by atoms with E-state index >= 15 is 0 Å². The van der Waals surface area contributed by atoms with Crippen molar-refractivity contribution in [3.8, 4) is 0 Å². The molecule has 2 unspecified atom stereocenters. The Balaban J connectivity index is 2.10. The SMILES string of the molecule is C=CC(=O)OC(CC(C)CCCCCCCCCCCCCC)N1CCCC1=O. The molecule has 0 aromatic rings. The smallest absolute Gasteiger partial charge is 0.332 e. The highest BCUT2D eigenvalue weighted by molar-refractivity contribution is 5.82. The lowest BCUT2D eigenvalue weighted by molar-refractivity contribution is -0.159. The van der Waals surface area contributed by atoms with Gasteiger partial charge in [0.15, 0.2) is 6.23 Å². The highest BCUT2D eigenvalue weighted by Gasteiger charge is 2.31. The molecule has 4 heteroatoms. The third-order valence-corrected chi connectivity index (χ3v) is 6.03. The average molecular weight is 408 g/mol. The molecule has 1 fully saturated rings. The standard InChI is InChI=1S/C25H45NO3/c1-4-6-7-8-9-10-11-12-13-14-15-16-18-22(3)21-24(29-25(28)5-2)26-20-17-19-23(26)27/h5,22,24H,2,4,6-21H2,1,3H3. The molecule has 0 spiro atoms. The van der Waals surface area contributed by atoms with Gasteiger partial charge in [0, 0.05) is 25.5 Å². The van der Waals surface area contributed by atoms with Crippen LogP contribution in [0.1, 0.15) is 117 Å². The van der Waals surface area contributed by atoms with E-state index < -0.39 is 12.2 Å². The fourth-order valence-corrected chi connectivity index (χ4v) is 4.19. The molecular formula is C25H45NO3. The van der Waals surface area contributed by atoms with E-state index in [1.165, 1.54) is 83.1 Å². The van der Waals surface area contributed by atoms with E-state index in [9.17, 15) is 9.59 Å². The molecule has 1 heterocycles. The summed E-state index contributed by atoms with van der Waals surface area (Å²) in [6.45, 7) is 8.64. The second kappa shape index (κ2) is 16.5. The van der Waals surface area contributed by atoms with Crippen molar-refractivity contribution in [3.63, 3.8) is 0 Å². The highest BCUT2D eigenvalue weighted by Crippen LogP contribution is 2.23. The summed E-state index contributed by atoms with van der Waals surface area (Å²) in [6, 6.07) is 0. The van der Waals surface area contributed by atoms with E-state index in [0.717, 1.165) is 19.3 Å². The quantitative estimate of drug-likeness (QED) is 0.143. The molecule has 0 saturated carbocycles. The maximum absolute atomic E-state index is 12.0. The molecular weight excluding hydrogens is 362 g/mol. The summed E-state index contributed by atoms with van der Waals surface area (Å²) in [7, 11) is 0. The van der Waals surface area contributed by atoms with Crippen LogP contribution in [0.5, 0.6) is 0 Å². The largest absolute Gasteiger partial charge is 0.438 e. The molecule has 4 nitrogen and oxygen atoms in total. The molecule has 1 aliphatic heterocycles. The van der Waals surface area contributed by atoms with Crippen molar-refractivity contribution >= 4 is 11.9 Å². The maximum atomic E-state index is 12.0. The van der Waals surface area contributed by atoms with Gasteiger partial charge < -0.3 is 9.64 Å². The first-order chi connectivity index (χ1) is 14.1. The number of hydrogen-bond donors (Lipinski definition) is 0. The molecule has 0 N–H and O–H groups in total. The van der Waals surface area contributed by atoms with Crippen LogP contribution in [0.3, 0.4) is 0 Å². The summed E-state index contributed by atoms with van der Waals surface area (Å²) < 4.78 is 5.49. The lowest BCUT2D eigenvalue weighted by Crippen LogP contribution is -2.40. The first kappa shape index (κ1) is 25.7. The van der Waals surface area contributed by atoms with E-state index in [1.807, 2.05) is 0 Å². The number of ether oxygens (including phenoxy) is 1. The van der Waals surface area contributed by atoms with Gasteiger partial charge in [0.05, 0.1) is 0 Å². The van der Waals surface area contributed by atoms with Gasteiger partial charge >= 0.3 is 5.97 Å². The number of nitrogens with zero attached hydrogens (tertiary/aromatic N) is 1. The highest BCUT2D eigenvalue weighted by atomic mass is 16.6. The molecule has 1 aliphatic rings. The Labute approximate surface area is 179 Å². The van der Waals surface area contributed by atoms with Crippen molar-refractivity contribution < 1.29 is 14.3 Å². The van der Waals surface area contributed by atoms with Crippen LogP contribution in [0.15, 0.2) is 12.7 Å². The zero-order valence-electron chi connectivity index (χ0n) is 19.1. The Morgan fingerprint density at radius 2 is 1.59 bits per heavy atom. The number of esters is 1. The molecule has 0 aromatic heterocycles. The summed E-state index contributed by atoms with van der Waals surface area (Å²) in [4.78, 5) is 25.4. The fraction of sp³-hybridized carbons (Fsp3) is 0.840.